The monoisotopic (exact) mass is 497 g/mol. The Morgan fingerprint density at radius 2 is 2.00 bits per heavy atom. The van der Waals surface area contributed by atoms with Crippen molar-refractivity contribution in [2.24, 2.45) is 0 Å². The van der Waals surface area contributed by atoms with E-state index >= 15 is 0 Å². The van der Waals surface area contributed by atoms with Crippen molar-refractivity contribution in [3.8, 4) is 11.5 Å². The standard InChI is InChI=1S/C21H22BrCl2N3O2/c1-28-20-11-16(12-25-5-2-7-27-8-6-26-14-27)9-17(22)21(20)29-13-15-3-4-18(23)19(24)10-15/h3-4,6,8-11,14,25H,2,5,7,12-13H2,1H3. The lowest BCUT2D eigenvalue weighted by atomic mass is 10.2. The number of ether oxygens (including phenoxy) is 2. The van der Waals surface area contributed by atoms with Crippen molar-refractivity contribution >= 4 is 39.1 Å². The largest absolute Gasteiger partial charge is 0.493 e. The van der Waals surface area contributed by atoms with Gasteiger partial charge in [-0.05, 0) is 64.3 Å². The highest BCUT2D eigenvalue weighted by Gasteiger charge is 2.12. The number of hydrogen-bond donors (Lipinski definition) is 1. The molecule has 1 heterocycles. The molecule has 2 aromatic carbocycles. The number of imidazole rings is 1. The second-order valence-electron chi connectivity index (χ2n) is 6.48. The molecule has 0 saturated carbocycles. The van der Waals surface area contributed by atoms with Crippen LogP contribution in [0, 0.1) is 0 Å². The molecule has 8 heteroatoms. The zero-order valence-corrected chi connectivity index (χ0v) is 19.1. The molecule has 1 N–H and O–H groups in total. The third-order valence-electron chi connectivity index (χ3n) is 4.31. The zero-order chi connectivity index (χ0) is 20.6. The molecule has 0 radical (unpaired) electrons. The van der Waals surface area contributed by atoms with Crippen molar-refractivity contribution in [2.45, 2.75) is 26.1 Å². The fourth-order valence-electron chi connectivity index (χ4n) is 2.84. The van der Waals surface area contributed by atoms with Crippen LogP contribution in [0.3, 0.4) is 0 Å². The van der Waals surface area contributed by atoms with Gasteiger partial charge in [0.15, 0.2) is 11.5 Å². The molecule has 154 valence electrons. The molecule has 0 saturated heterocycles. The van der Waals surface area contributed by atoms with Crippen LogP contribution in [0.1, 0.15) is 17.5 Å². The first-order chi connectivity index (χ1) is 14.1. The van der Waals surface area contributed by atoms with E-state index in [4.69, 9.17) is 32.7 Å². The third-order valence-corrected chi connectivity index (χ3v) is 5.64. The van der Waals surface area contributed by atoms with Crippen LogP contribution in [0.2, 0.25) is 10.0 Å². The molecule has 29 heavy (non-hydrogen) atoms. The molecule has 0 aliphatic heterocycles. The van der Waals surface area contributed by atoms with Crippen molar-refractivity contribution in [2.75, 3.05) is 13.7 Å². The van der Waals surface area contributed by atoms with E-state index in [1.165, 1.54) is 0 Å². The molecule has 1 aromatic heterocycles. The van der Waals surface area contributed by atoms with Crippen LogP contribution in [0.15, 0.2) is 53.5 Å². The number of hydrogen-bond acceptors (Lipinski definition) is 4. The smallest absolute Gasteiger partial charge is 0.175 e. The van der Waals surface area contributed by atoms with Gasteiger partial charge in [0.05, 0.1) is 28.0 Å². The summed E-state index contributed by atoms with van der Waals surface area (Å²) in [4.78, 5) is 4.05. The summed E-state index contributed by atoms with van der Waals surface area (Å²) in [5.41, 5.74) is 2.04. The topological polar surface area (TPSA) is 48.3 Å². The Morgan fingerprint density at radius 1 is 1.14 bits per heavy atom. The molecular formula is C21H22BrCl2N3O2. The van der Waals surface area contributed by atoms with Crippen molar-refractivity contribution in [1.29, 1.82) is 0 Å². The second-order valence-corrected chi connectivity index (χ2v) is 8.15. The lowest BCUT2D eigenvalue weighted by Gasteiger charge is -2.15. The Balaban J connectivity index is 1.55. The van der Waals surface area contributed by atoms with Gasteiger partial charge < -0.3 is 19.4 Å². The average Bonchev–Trinajstić information content (AvgIpc) is 3.22. The van der Waals surface area contributed by atoms with Crippen LogP contribution >= 0.6 is 39.1 Å². The van der Waals surface area contributed by atoms with Gasteiger partial charge in [-0.15, -0.1) is 0 Å². The second kappa shape index (κ2) is 10.9. The molecule has 0 amide bonds. The van der Waals surface area contributed by atoms with Crippen molar-refractivity contribution in [3.05, 3.63) is 74.7 Å². The maximum Gasteiger partial charge on any atom is 0.175 e. The molecule has 0 aliphatic carbocycles. The summed E-state index contributed by atoms with van der Waals surface area (Å²) in [5, 5.41) is 4.49. The first-order valence-corrected chi connectivity index (χ1v) is 10.7. The van der Waals surface area contributed by atoms with Crippen LogP contribution < -0.4 is 14.8 Å². The van der Waals surface area contributed by atoms with E-state index in [-0.39, 0.29) is 0 Å². The van der Waals surface area contributed by atoms with Crippen molar-refractivity contribution in [3.63, 3.8) is 0 Å². The van der Waals surface area contributed by atoms with Gasteiger partial charge in [0.1, 0.15) is 6.61 Å². The molecule has 0 unspecified atom stereocenters. The van der Waals surface area contributed by atoms with Gasteiger partial charge in [0.2, 0.25) is 0 Å². The highest BCUT2D eigenvalue weighted by molar-refractivity contribution is 9.10. The quantitative estimate of drug-likeness (QED) is 0.363. The summed E-state index contributed by atoms with van der Waals surface area (Å²) in [5.74, 6) is 1.33. The Morgan fingerprint density at radius 3 is 2.72 bits per heavy atom. The number of halogens is 3. The lowest BCUT2D eigenvalue weighted by molar-refractivity contribution is 0.282. The van der Waals surface area contributed by atoms with Crippen LogP contribution in [0.25, 0.3) is 0 Å². The predicted molar refractivity (Wildman–Crippen MR) is 120 cm³/mol. The minimum absolute atomic E-state index is 0.359. The number of aromatic nitrogens is 2. The number of nitrogens with zero attached hydrogens (tertiary/aromatic N) is 2. The Labute approximate surface area is 189 Å². The number of rotatable bonds is 10. The zero-order valence-electron chi connectivity index (χ0n) is 16.0. The van der Waals surface area contributed by atoms with Crippen LogP contribution in [-0.4, -0.2) is 23.2 Å². The SMILES string of the molecule is COc1cc(CNCCCn2ccnc2)cc(Br)c1OCc1ccc(Cl)c(Cl)c1. The fourth-order valence-corrected chi connectivity index (χ4v) is 3.76. The Bertz CT molecular complexity index is 936. The van der Waals surface area contributed by atoms with Gasteiger partial charge in [-0.2, -0.15) is 0 Å². The summed E-state index contributed by atoms with van der Waals surface area (Å²) in [7, 11) is 1.64. The highest BCUT2D eigenvalue weighted by atomic mass is 79.9. The minimum Gasteiger partial charge on any atom is -0.493 e. The molecule has 5 nitrogen and oxygen atoms in total. The van der Waals surface area contributed by atoms with Crippen molar-refractivity contribution < 1.29 is 9.47 Å². The van der Waals surface area contributed by atoms with Crippen molar-refractivity contribution in [1.82, 2.24) is 14.9 Å². The summed E-state index contributed by atoms with van der Waals surface area (Å²) in [6.07, 6.45) is 6.62. The first kappa shape index (κ1) is 22.0. The van der Waals surface area contributed by atoms with Gasteiger partial charge in [-0.1, -0.05) is 29.3 Å². The maximum atomic E-state index is 6.07. The van der Waals surface area contributed by atoms with Gasteiger partial charge in [-0.25, -0.2) is 4.98 Å². The predicted octanol–water partition coefficient (Wildman–Crippen LogP) is 5.72. The van der Waals surface area contributed by atoms with E-state index in [1.54, 1.807) is 25.4 Å². The van der Waals surface area contributed by atoms with E-state index in [0.29, 0.717) is 28.2 Å². The molecule has 0 spiro atoms. The summed E-state index contributed by atoms with van der Waals surface area (Å²) >= 11 is 15.6. The summed E-state index contributed by atoms with van der Waals surface area (Å²) in [6, 6.07) is 9.47. The number of aryl methyl sites for hydroxylation is 1. The lowest BCUT2D eigenvalue weighted by Crippen LogP contribution is -2.16. The van der Waals surface area contributed by atoms with Gasteiger partial charge in [-0.3, -0.25) is 0 Å². The van der Waals surface area contributed by atoms with E-state index in [1.807, 2.05) is 30.7 Å². The summed E-state index contributed by atoms with van der Waals surface area (Å²) < 4.78 is 14.4. The number of nitrogens with one attached hydrogen (secondary N) is 1. The van der Waals surface area contributed by atoms with E-state index in [2.05, 4.69) is 30.8 Å². The number of methoxy groups -OCH3 is 1. The van der Waals surface area contributed by atoms with Crippen LogP contribution in [0.5, 0.6) is 11.5 Å². The Hall–Kier alpha value is -1.73. The minimum atomic E-state index is 0.359. The fraction of sp³-hybridized carbons (Fsp3) is 0.286. The summed E-state index contributed by atoms with van der Waals surface area (Å²) in [6.45, 7) is 2.96. The first-order valence-electron chi connectivity index (χ1n) is 9.16. The van der Waals surface area contributed by atoms with Crippen LogP contribution in [0.4, 0.5) is 0 Å². The van der Waals surface area contributed by atoms with Gasteiger partial charge in [0, 0.05) is 25.5 Å². The van der Waals surface area contributed by atoms with E-state index in [0.717, 1.165) is 41.7 Å². The molecule has 0 aliphatic rings. The molecule has 0 atom stereocenters. The molecule has 3 rings (SSSR count). The highest BCUT2D eigenvalue weighted by Crippen LogP contribution is 2.37. The third kappa shape index (κ3) is 6.37. The molecule has 0 bridgehead atoms. The maximum absolute atomic E-state index is 6.07. The number of benzene rings is 2. The Kier molecular flexibility index (Phi) is 8.24. The van der Waals surface area contributed by atoms with Gasteiger partial charge >= 0.3 is 0 Å². The van der Waals surface area contributed by atoms with Crippen LogP contribution in [-0.2, 0) is 19.7 Å². The average molecular weight is 499 g/mol. The molecule has 3 aromatic rings. The van der Waals surface area contributed by atoms with E-state index in [9.17, 15) is 0 Å². The molecular weight excluding hydrogens is 477 g/mol. The van der Waals surface area contributed by atoms with Gasteiger partial charge in [0.25, 0.3) is 0 Å². The van der Waals surface area contributed by atoms with E-state index < -0.39 is 0 Å². The normalized spacial score (nSPS) is 10.9. The molecule has 0 fully saturated rings.